The lowest BCUT2D eigenvalue weighted by Gasteiger charge is -2.33. The van der Waals surface area contributed by atoms with Crippen molar-refractivity contribution in [3.05, 3.63) is 68.5 Å². The average molecular weight is 513 g/mol. The minimum Gasteiger partial charge on any atom is -0.493 e. The fourth-order valence-corrected chi connectivity index (χ4v) is 5.98. The molecule has 35 heavy (non-hydrogen) atoms. The van der Waals surface area contributed by atoms with Gasteiger partial charge in [0.05, 0.1) is 27.2 Å². The summed E-state index contributed by atoms with van der Waals surface area (Å²) < 4.78 is 10.9. The van der Waals surface area contributed by atoms with Gasteiger partial charge in [-0.15, -0.1) is 22.7 Å². The van der Waals surface area contributed by atoms with Gasteiger partial charge < -0.3 is 19.7 Å². The third-order valence-electron chi connectivity index (χ3n) is 6.37. The summed E-state index contributed by atoms with van der Waals surface area (Å²) in [6.07, 6.45) is 5.63. The van der Waals surface area contributed by atoms with E-state index in [4.69, 9.17) is 9.47 Å². The van der Waals surface area contributed by atoms with Gasteiger partial charge in [-0.3, -0.25) is 9.59 Å². The Morgan fingerprint density at radius 2 is 1.66 bits per heavy atom. The number of benzene rings is 1. The van der Waals surface area contributed by atoms with E-state index < -0.39 is 6.04 Å². The van der Waals surface area contributed by atoms with Crippen molar-refractivity contribution in [1.29, 1.82) is 0 Å². The van der Waals surface area contributed by atoms with E-state index in [1.165, 1.54) is 6.42 Å². The van der Waals surface area contributed by atoms with Gasteiger partial charge in [0.25, 0.3) is 0 Å². The molecule has 2 heterocycles. The zero-order valence-corrected chi connectivity index (χ0v) is 21.8. The predicted molar refractivity (Wildman–Crippen MR) is 140 cm³/mol. The van der Waals surface area contributed by atoms with Crippen LogP contribution in [-0.2, 0) is 22.6 Å². The van der Waals surface area contributed by atoms with Crippen LogP contribution in [0.25, 0.3) is 0 Å². The summed E-state index contributed by atoms with van der Waals surface area (Å²) in [5, 5.41) is 7.22. The zero-order chi connectivity index (χ0) is 24.6. The zero-order valence-electron chi connectivity index (χ0n) is 20.2. The molecule has 1 fully saturated rings. The van der Waals surface area contributed by atoms with Crippen molar-refractivity contribution in [2.75, 3.05) is 14.2 Å². The standard InChI is InChI=1S/C27H32N2O4S2/c1-32-23-13-12-19(16-24(23)33-2)26(27(31)28-20-8-4-3-5-9-20)29(18-22-11-7-15-35-22)25(30)17-21-10-6-14-34-21/h6-7,10-16,20,26H,3-5,8-9,17-18H2,1-2H3,(H,28,31)/t26-/m1/s1. The Hall–Kier alpha value is -2.84. The first-order chi connectivity index (χ1) is 17.1. The molecular formula is C27H32N2O4S2. The Morgan fingerprint density at radius 3 is 2.29 bits per heavy atom. The normalized spacial score (nSPS) is 14.8. The van der Waals surface area contributed by atoms with Crippen LogP contribution in [-0.4, -0.2) is 37.0 Å². The van der Waals surface area contributed by atoms with Gasteiger partial charge in [-0.1, -0.05) is 37.5 Å². The summed E-state index contributed by atoms with van der Waals surface area (Å²) in [5.74, 6) is 0.874. The van der Waals surface area contributed by atoms with Crippen molar-refractivity contribution in [2.24, 2.45) is 0 Å². The minimum atomic E-state index is -0.786. The molecule has 2 aromatic heterocycles. The van der Waals surface area contributed by atoms with E-state index in [1.54, 1.807) is 47.9 Å². The maximum absolute atomic E-state index is 13.9. The highest BCUT2D eigenvalue weighted by atomic mass is 32.1. The maximum Gasteiger partial charge on any atom is 0.247 e. The number of ether oxygens (including phenoxy) is 2. The quantitative estimate of drug-likeness (QED) is 0.385. The summed E-state index contributed by atoms with van der Waals surface area (Å²) in [7, 11) is 3.16. The van der Waals surface area contributed by atoms with Gasteiger partial charge in [0.15, 0.2) is 11.5 Å². The summed E-state index contributed by atoms with van der Waals surface area (Å²) >= 11 is 3.13. The van der Waals surface area contributed by atoms with E-state index in [9.17, 15) is 9.59 Å². The molecule has 3 aromatic rings. The lowest BCUT2D eigenvalue weighted by Crippen LogP contribution is -2.47. The Kier molecular flexibility index (Phi) is 8.82. The van der Waals surface area contributed by atoms with Gasteiger partial charge in [-0.2, -0.15) is 0 Å². The lowest BCUT2D eigenvalue weighted by molar-refractivity contribution is -0.141. The van der Waals surface area contributed by atoms with Gasteiger partial charge in [0, 0.05) is 15.8 Å². The Bertz CT molecular complexity index is 1090. The molecule has 0 unspecified atom stereocenters. The molecule has 1 aromatic carbocycles. The third kappa shape index (κ3) is 6.44. The number of rotatable bonds is 10. The summed E-state index contributed by atoms with van der Waals surface area (Å²) in [5.41, 5.74) is 0.701. The van der Waals surface area contributed by atoms with Crippen LogP contribution < -0.4 is 14.8 Å². The first-order valence-electron chi connectivity index (χ1n) is 12.0. The molecule has 4 rings (SSSR count). The monoisotopic (exact) mass is 512 g/mol. The van der Waals surface area contributed by atoms with Crippen molar-refractivity contribution in [1.82, 2.24) is 10.2 Å². The van der Waals surface area contributed by atoms with E-state index in [0.29, 0.717) is 23.6 Å². The molecule has 0 radical (unpaired) electrons. The van der Waals surface area contributed by atoms with Crippen LogP contribution in [0.3, 0.4) is 0 Å². The van der Waals surface area contributed by atoms with Crippen molar-refractivity contribution < 1.29 is 19.1 Å². The van der Waals surface area contributed by atoms with Crippen LogP contribution in [0.4, 0.5) is 0 Å². The number of carbonyl (C=O) groups excluding carboxylic acids is 2. The maximum atomic E-state index is 13.9. The average Bonchev–Trinajstić information content (AvgIpc) is 3.58. The number of thiophene rings is 2. The molecule has 1 aliphatic carbocycles. The van der Waals surface area contributed by atoms with Crippen molar-refractivity contribution >= 4 is 34.5 Å². The molecule has 186 valence electrons. The Morgan fingerprint density at radius 1 is 0.971 bits per heavy atom. The van der Waals surface area contributed by atoms with Gasteiger partial charge in [0.1, 0.15) is 6.04 Å². The van der Waals surface area contributed by atoms with Crippen LogP contribution >= 0.6 is 22.7 Å². The lowest BCUT2D eigenvalue weighted by atomic mass is 9.94. The second-order valence-electron chi connectivity index (χ2n) is 8.72. The molecule has 1 atom stereocenters. The van der Waals surface area contributed by atoms with E-state index in [0.717, 1.165) is 35.4 Å². The van der Waals surface area contributed by atoms with E-state index in [1.807, 2.05) is 47.2 Å². The molecular weight excluding hydrogens is 480 g/mol. The fourth-order valence-electron chi connectivity index (χ4n) is 4.58. The molecule has 2 amide bonds. The van der Waals surface area contributed by atoms with Crippen LogP contribution in [0, 0.1) is 0 Å². The number of methoxy groups -OCH3 is 2. The largest absolute Gasteiger partial charge is 0.493 e. The molecule has 0 saturated heterocycles. The van der Waals surface area contributed by atoms with Crippen LogP contribution in [0.1, 0.15) is 53.5 Å². The van der Waals surface area contributed by atoms with E-state index >= 15 is 0 Å². The molecule has 1 aliphatic rings. The van der Waals surface area contributed by atoms with Crippen LogP contribution in [0.5, 0.6) is 11.5 Å². The number of hydrogen-bond acceptors (Lipinski definition) is 6. The molecule has 6 nitrogen and oxygen atoms in total. The summed E-state index contributed by atoms with van der Waals surface area (Å²) in [4.78, 5) is 31.3. The van der Waals surface area contributed by atoms with Crippen LogP contribution in [0.2, 0.25) is 0 Å². The predicted octanol–water partition coefficient (Wildman–Crippen LogP) is 5.59. The van der Waals surface area contributed by atoms with Crippen molar-refractivity contribution in [3.8, 4) is 11.5 Å². The molecule has 0 spiro atoms. The molecule has 0 bridgehead atoms. The topological polar surface area (TPSA) is 67.9 Å². The first-order valence-corrected chi connectivity index (χ1v) is 13.7. The Balaban J connectivity index is 1.72. The van der Waals surface area contributed by atoms with E-state index in [-0.39, 0.29) is 24.3 Å². The first kappa shape index (κ1) is 25.3. The highest BCUT2D eigenvalue weighted by molar-refractivity contribution is 7.10. The second-order valence-corrected chi connectivity index (χ2v) is 10.8. The van der Waals surface area contributed by atoms with Gasteiger partial charge in [-0.25, -0.2) is 0 Å². The number of hydrogen-bond donors (Lipinski definition) is 1. The fraction of sp³-hybridized carbons (Fsp3) is 0.407. The molecule has 1 N–H and O–H groups in total. The molecule has 1 saturated carbocycles. The number of carbonyl (C=O) groups is 2. The Labute approximate surface area is 214 Å². The van der Waals surface area contributed by atoms with Crippen LogP contribution in [0.15, 0.2) is 53.2 Å². The smallest absolute Gasteiger partial charge is 0.247 e. The second kappa shape index (κ2) is 12.2. The summed E-state index contributed by atoms with van der Waals surface area (Å²) in [6, 6.07) is 12.7. The summed E-state index contributed by atoms with van der Waals surface area (Å²) in [6.45, 7) is 0.360. The number of amides is 2. The van der Waals surface area contributed by atoms with E-state index in [2.05, 4.69) is 5.32 Å². The van der Waals surface area contributed by atoms with Crippen molar-refractivity contribution in [2.45, 2.75) is 57.2 Å². The SMILES string of the molecule is COc1ccc([C@H](C(=O)NC2CCCCC2)N(Cc2cccs2)C(=O)Cc2cccs2)cc1OC. The minimum absolute atomic E-state index is 0.0839. The number of nitrogens with one attached hydrogen (secondary N) is 1. The highest BCUT2D eigenvalue weighted by Crippen LogP contribution is 2.34. The number of nitrogens with zero attached hydrogens (tertiary/aromatic N) is 1. The molecule has 8 heteroatoms. The van der Waals surface area contributed by atoms with Crippen molar-refractivity contribution in [3.63, 3.8) is 0 Å². The molecule has 0 aliphatic heterocycles. The van der Waals surface area contributed by atoms with Gasteiger partial charge >= 0.3 is 0 Å². The third-order valence-corrected chi connectivity index (χ3v) is 8.10. The highest BCUT2D eigenvalue weighted by Gasteiger charge is 2.34. The van der Waals surface area contributed by atoms with Gasteiger partial charge in [0.2, 0.25) is 11.8 Å². The van der Waals surface area contributed by atoms with Gasteiger partial charge in [-0.05, 0) is 53.4 Å².